The summed E-state index contributed by atoms with van der Waals surface area (Å²) in [4.78, 5) is 25.8. The first-order chi connectivity index (χ1) is 14.1. The predicted molar refractivity (Wildman–Crippen MR) is 116 cm³/mol. The van der Waals surface area contributed by atoms with Crippen molar-refractivity contribution in [2.24, 2.45) is 0 Å². The second-order valence-corrected chi connectivity index (χ2v) is 7.95. The third kappa shape index (κ3) is 4.99. The van der Waals surface area contributed by atoms with Crippen molar-refractivity contribution in [3.05, 3.63) is 29.4 Å². The molecule has 0 atom stereocenters. The van der Waals surface area contributed by atoms with Crippen molar-refractivity contribution in [2.75, 3.05) is 74.3 Å². The monoisotopic (exact) mass is 457 g/mol. The fraction of sp³-hybridized carbons (Fsp3) is 0.500. The van der Waals surface area contributed by atoms with E-state index >= 15 is 0 Å². The molecular weight excluding hydrogens is 432 g/mol. The maximum atomic E-state index is 12.8. The molecule has 0 saturated carbocycles. The third-order valence-corrected chi connectivity index (χ3v) is 6.08. The van der Waals surface area contributed by atoms with Crippen LogP contribution in [0.1, 0.15) is 10.5 Å². The molecule has 4 heterocycles. The van der Waals surface area contributed by atoms with E-state index in [1.165, 1.54) is 11.3 Å². The summed E-state index contributed by atoms with van der Waals surface area (Å²) in [5, 5.41) is 25.0. The van der Waals surface area contributed by atoms with E-state index in [-0.39, 0.29) is 29.7 Å². The number of nitrogens with zero attached hydrogens (tertiary/aromatic N) is 5. The SMILES string of the molecule is Cl.O=C(Nc1cccnc1N1CC[N+](O)(CO)CC1)c1csc(N2CCOCC2)n1. The molecule has 2 aromatic rings. The molecule has 4 rings (SSSR count). The summed E-state index contributed by atoms with van der Waals surface area (Å²) in [6.45, 7) is 4.38. The van der Waals surface area contributed by atoms with E-state index in [2.05, 4.69) is 20.2 Å². The Hall–Kier alpha value is -2.02. The van der Waals surface area contributed by atoms with Crippen LogP contribution >= 0.6 is 23.7 Å². The van der Waals surface area contributed by atoms with Crippen molar-refractivity contribution in [1.29, 1.82) is 0 Å². The van der Waals surface area contributed by atoms with E-state index in [4.69, 9.17) is 4.74 Å². The number of rotatable bonds is 5. The average Bonchev–Trinajstić information content (AvgIpc) is 3.26. The number of aliphatic hydroxyl groups is 1. The zero-order valence-corrected chi connectivity index (χ0v) is 18.1. The van der Waals surface area contributed by atoms with E-state index in [1.54, 1.807) is 23.7 Å². The van der Waals surface area contributed by atoms with Gasteiger partial charge in [0, 0.05) is 24.7 Å². The van der Waals surface area contributed by atoms with E-state index in [0.29, 0.717) is 56.6 Å². The van der Waals surface area contributed by atoms with Crippen molar-refractivity contribution in [1.82, 2.24) is 9.97 Å². The van der Waals surface area contributed by atoms with Gasteiger partial charge in [-0.15, -0.1) is 23.7 Å². The van der Waals surface area contributed by atoms with Crippen LogP contribution in [-0.2, 0) is 4.74 Å². The highest BCUT2D eigenvalue weighted by Crippen LogP contribution is 2.27. The normalized spacial score (nSPS) is 18.6. The summed E-state index contributed by atoms with van der Waals surface area (Å²) in [7, 11) is 0. The van der Waals surface area contributed by atoms with Gasteiger partial charge >= 0.3 is 0 Å². The lowest BCUT2D eigenvalue weighted by atomic mass is 10.2. The Bertz CT molecular complexity index is 855. The van der Waals surface area contributed by atoms with Crippen molar-refractivity contribution < 1.29 is 24.5 Å². The van der Waals surface area contributed by atoms with E-state index in [9.17, 15) is 15.1 Å². The molecule has 2 aliphatic heterocycles. The smallest absolute Gasteiger partial charge is 0.275 e. The van der Waals surface area contributed by atoms with Crippen LogP contribution in [0.4, 0.5) is 16.6 Å². The number of pyridine rings is 1. The number of amides is 1. The van der Waals surface area contributed by atoms with Crippen LogP contribution in [0, 0.1) is 0 Å². The minimum Gasteiger partial charge on any atom is -0.378 e. The largest absolute Gasteiger partial charge is 0.378 e. The summed E-state index contributed by atoms with van der Waals surface area (Å²) in [6.07, 6.45) is 1.67. The molecule has 0 aliphatic carbocycles. The Morgan fingerprint density at radius 1 is 1.23 bits per heavy atom. The predicted octanol–water partition coefficient (Wildman–Crippen LogP) is 1.02. The number of carbonyl (C=O) groups is 1. The van der Waals surface area contributed by atoms with Gasteiger partial charge in [0.25, 0.3) is 5.91 Å². The molecule has 30 heavy (non-hydrogen) atoms. The summed E-state index contributed by atoms with van der Waals surface area (Å²) in [5.41, 5.74) is 0.969. The number of piperazine rings is 1. The highest BCUT2D eigenvalue weighted by molar-refractivity contribution is 7.14. The van der Waals surface area contributed by atoms with Gasteiger partial charge in [0.05, 0.1) is 32.0 Å². The van der Waals surface area contributed by atoms with Gasteiger partial charge in [-0.1, -0.05) is 0 Å². The lowest BCUT2D eigenvalue weighted by Crippen LogP contribution is -2.58. The maximum absolute atomic E-state index is 12.8. The Kier molecular flexibility index (Phi) is 7.45. The van der Waals surface area contributed by atoms with Gasteiger partial charge in [0.2, 0.25) is 6.73 Å². The highest BCUT2D eigenvalue weighted by Gasteiger charge is 2.32. The van der Waals surface area contributed by atoms with Gasteiger partial charge in [0.1, 0.15) is 18.8 Å². The lowest BCUT2D eigenvalue weighted by Gasteiger charge is -2.38. The number of quaternary nitrogens is 1. The van der Waals surface area contributed by atoms with Gasteiger partial charge < -0.3 is 25.0 Å². The number of aliphatic hydroxyl groups excluding tert-OH is 1. The lowest BCUT2D eigenvalue weighted by molar-refractivity contribution is -1.11. The number of nitrogens with one attached hydrogen (secondary N) is 1. The number of aromatic nitrogens is 2. The molecule has 2 saturated heterocycles. The second kappa shape index (κ2) is 9.86. The minimum atomic E-state index is -0.367. The maximum Gasteiger partial charge on any atom is 0.275 e. The van der Waals surface area contributed by atoms with Crippen molar-refractivity contribution in [2.45, 2.75) is 0 Å². The number of ether oxygens (including phenoxy) is 1. The van der Waals surface area contributed by atoms with Crippen LogP contribution in [0.2, 0.25) is 0 Å². The third-order valence-electron chi connectivity index (χ3n) is 5.18. The van der Waals surface area contributed by atoms with Gasteiger partial charge in [-0.25, -0.2) is 15.2 Å². The van der Waals surface area contributed by atoms with Crippen LogP contribution in [0.15, 0.2) is 23.7 Å². The van der Waals surface area contributed by atoms with Gasteiger partial charge in [0.15, 0.2) is 10.9 Å². The molecule has 10 nitrogen and oxygen atoms in total. The standard InChI is InChI=1S/C18H24N6O4S.ClH/c25-13-24(27)8-4-22(5-9-24)16-14(2-1-3-19-16)20-17(26)15-12-29-18(21-15)23-6-10-28-11-7-23;/h1-3,12,25,27H,4-11,13H2;1H/p+1. The van der Waals surface area contributed by atoms with Crippen LogP contribution in [-0.4, -0.2) is 90.0 Å². The first-order valence-corrected chi connectivity index (χ1v) is 10.5. The van der Waals surface area contributed by atoms with E-state index in [0.717, 1.165) is 18.2 Å². The zero-order chi connectivity index (χ0) is 20.3. The Morgan fingerprint density at radius 2 is 1.97 bits per heavy atom. The molecule has 164 valence electrons. The van der Waals surface area contributed by atoms with Crippen LogP contribution in [0.3, 0.4) is 0 Å². The molecule has 2 fully saturated rings. The number of hydrogen-bond acceptors (Lipinski definition) is 9. The fourth-order valence-corrected chi connectivity index (χ4v) is 4.25. The average molecular weight is 458 g/mol. The van der Waals surface area contributed by atoms with Crippen LogP contribution < -0.4 is 15.1 Å². The number of halogens is 1. The minimum absolute atomic E-state index is 0. The molecule has 2 aromatic heterocycles. The highest BCUT2D eigenvalue weighted by atomic mass is 35.5. The second-order valence-electron chi connectivity index (χ2n) is 7.11. The molecule has 0 spiro atoms. The number of morpholine rings is 1. The molecule has 0 radical (unpaired) electrons. The number of carbonyl (C=O) groups excluding carboxylic acids is 1. The summed E-state index contributed by atoms with van der Waals surface area (Å²) >= 11 is 1.45. The van der Waals surface area contributed by atoms with Gasteiger partial charge in [-0.3, -0.25) is 4.79 Å². The number of hydrogen-bond donors (Lipinski definition) is 3. The number of anilines is 3. The van der Waals surface area contributed by atoms with Gasteiger partial charge in [-0.2, -0.15) is 4.65 Å². The summed E-state index contributed by atoms with van der Waals surface area (Å²) in [6, 6.07) is 3.57. The molecule has 12 heteroatoms. The van der Waals surface area contributed by atoms with Crippen molar-refractivity contribution in [3.8, 4) is 0 Å². The fourth-order valence-electron chi connectivity index (χ4n) is 3.39. The molecule has 0 bridgehead atoms. The van der Waals surface area contributed by atoms with Crippen LogP contribution in [0.25, 0.3) is 0 Å². The quantitative estimate of drug-likeness (QED) is 0.571. The molecule has 2 aliphatic rings. The molecule has 1 amide bonds. The Balaban J connectivity index is 0.00000256. The van der Waals surface area contributed by atoms with Crippen LogP contribution in [0.5, 0.6) is 0 Å². The summed E-state index contributed by atoms with van der Waals surface area (Å²) in [5.74, 6) is 0.364. The topological polar surface area (TPSA) is 111 Å². The zero-order valence-electron chi connectivity index (χ0n) is 16.4. The van der Waals surface area contributed by atoms with Crippen molar-refractivity contribution in [3.63, 3.8) is 0 Å². The van der Waals surface area contributed by atoms with E-state index in [1.807, 2.05) is 4.90 Å². The molecule has 3 N–H and O–H groups in total. The number of thiazole rings is 1. The summed E-state index contributed by atoms with van der Waals surface area (Å²) < 4.78 is 4.99. The molecule has 0 unspecified atom stereocenters. The first kappa shape index (κ1) is 22.7. The number of hydroxylamine groups is 3. The Labute approximate surface area is 184 Å². The first-order valence-electron chi connectivity index (χ1n) is 9.57. The molecule has 0 aromatic carbocycles. The van der Waals surface area contributed by atoms with Gasteiger partial charge in [-0.05, 0) is 12.1 Å². The van der Waals surface area contributed by atoms with Crippen molar-refractivity contribution >= 4 is 46.3 Å². The van der Waals surface area contributed by atoms with E-state index < -0.39 is 0 Å². The Morgan fingerprint density at radius 3 is 2.67 bits per heavy atom. The molecular formula is C18H26ClN6O4S+.